The third-order valence-corrected chi connectivity index (χ3v) is 2.52. The van der Waals surface area contributed by atoms with Crippen molar-refractivity contribution < 1.29 is 27.4 Å². The number of nitrogens with two attached hydrogens (primary N) is 1. The molecule has 0 atom stereocenters. The number of hydrogen-bond acceptors (Lipinski definition) is 4. The molecule has 0 fully saturated rings. The lowest BCUT2D eigenvalue weighted by Gasteiger charge is -2.15. The summed E-state index contributed by atoms with van der Waals surface area (Å²) in [5, 5.41) is 1.91. The second kappa shape index (κ2) is 7.94. The molecule has 1 aromatic carbocycles. The SMILES string of the molecule is COc1cc(F)c(C(=O)NCC(F)(F)CN)cc1OC.Cl. The minimum absolute atomic E-state index is 0. The monoisotopic (exact) mass is 328 g/mol. The molecule has 0 aliphatic heterocycles. The number of ether oxygens (including phenoxy) is 2. The maximum absolute atomic E-state index is 13.7. The third-order valence-electron chi connectivity index (χ3n) is 2.52. The summed E-state index contributed by atoms with van der Waals surface area (Å²) in [4.78, 5) is 11.7. The zero-order valence-corrected chi connectivity index (χ0v) is 12.2. The predicted octanol–water partition coefficient (Wildman–Crippen LogP) is 1.59. The Balaban J connectivity index is 0.00000400. The first-order chi connectivity index (χ1) is 9.34. The Bertz CT molecular complexity index is 501. The summed E-state index contributed by atoms with van der Waals surface area (Å²) in [5.41, 5.74) is 4.41. The van der Waals surface area contributed by atoms with Crippen molar-refractivity contribution in [1.29, 1.82) is 0 Å². The van der Waals surface area contributed by atoms with Gasteiger partial charge in [0.25, 0.3) is 11.8 Å². The summed E-state index contributed by atoms with van der Waals surface area (Å²) in [6, 6.07) is 2.01. The molecule has 5 nitrogen and oxygen atoms in total. The number of halogens is 4. The highest BCUT2D eigenvalue weighted by Gasteiger charge is 2.28. The van der Waals surface area contributed by atoms with Crippen molar-refractivity contribution in [2.24, 2.45) is 5.73 Å². The second-order valence-corrected chi connectivity index (χ2v) is 3.93. The molecule has 9 heteroatoms. The molecule has 0 aromatic heterocycles. The molecule has 1 rings (SSSR count). The maximum atomic E-state index is 13.7. The van der Waals surface area contributed by atoms with E-state index in [0.29, 0.717) is 0 Å². The van der Waals surface area contributed by atoms with Gasteiger partial charge < -0.3 is 20.5 Å². The fourth-order valence-electron chi connectivity index (χ4n) is 1.41. The molecular weight excluding hydrogens is 313 g/mol. The molecule has 0 aliphatic carbocycles. The average Bonchev–Trinajstić information content (AvgIpc) is 2.44. The normalized spacial score (nSPS) is 10.6. The van der Waals surface area contributed by atoms with E-state index < -0.39 is 36.3 Å². The van der Waals surface area contributed by atoms with Crippen molar-refractivity contribution in [3.8, 4) is 11.5 Å². The van der Waals surface area contributed by atoms with Gasteiger partial charge in [0.1, 0.15) is 5.82 Å². The number of carbonyl (C=O) groups excluding carboxylic acids is 1. The summed E-state index contributed by atoms with van der Waals surface area (Å²) in [7, 11) is 2.61. The number of rotatable bonds is 6. The van der Waals surface area contributed by atoms with E-state index in [9.17, 15) is 18.0 Å². The minimum Gasteiger partial charge on any atom is -0.493 e. The molecule has 1 amide bonds. The van der Waals surface area contributed by atoms with E-state index in [4.69, 9.17) is 15.2 Å². The topological polar surface area (TPSA) is 73.6 Å². The molecule has 21 heavy (non-hydrogen) atoms. The van der Waals surface area contributed by atoms with Crippen molar-refractivity contribution in [3.63, 3.8) is 0 Å². The quantitative estimate of drug-likeness (QED) is 0.831. The van der Waals surface area contributed by atoms with E-state index >= 15 is 0 Å². The Morgan fingerprint density at radius 1 is 1.29 bits per heavy atom. The number of benzene rings is 1. The molecule has 0 spiro atoms. The van der Waals surface area contributed by atoms with Crippen LogP contribution in [0.4, 0.5) is 13.2 Å². The Morgan fingerprint density at radius 2 is 1.81 bits per heavy atom. The summed E-state index contributed by atoms with van der Waals surface area (Å²) in [5.74, 6) is -4.94. The predicted molar refractivity (Wildman–Crippen MR) is 73.1 cm³/mol. The van der Waals surface area contributed by atoms with E-state index in [1.165, 1.54) is 14.2 Å². The number of methoxy groups -OCH3 is 2. The molecule has 0 unspecified atom stereocenters. The van der Waals surface area contributed by atoms with Gasteiger partial charge in [-0.05, 0) is 6.07 Å². The molecule has 120 valence electrons. The highest BCUT2D eigenvalue weighted by Crippen LogP contribution is 2.29. The van der Waals surface area contributed by atoms with Crippen LogP contribution in [0.25, 0.3) is 0 Å². The lowest BCUT2D eigenvalue weighted by molar-refractivity contribution is 0.0118. The lowest BCUT2D eigenvalue weighted by atomic mass is 10.1. The standard InChI is InChI=1S/C12H15F3N2O3.ClH/c1-19-9-3-7(8(13)4-10(9)20-2)11(18)17-6-12(14,15)5-16;/h3-4H,5-6,16H2,1-2H3,(H,17,18);1H. The highest BCUT2D eigenvalue weighted by atomic mass is 35.5. The van der Waals surface area contributed by atoms with Gasteiger partial charge in [0.05, 0.1) is 32.9 Å². The van der Waals surface area contributed by atoms with Crippen LogP contribution in [-0.4, -0.2) is 39.1 Å². The van der Waals surface area contributed by atoms with Crippen LogP contribution in [0.1, 0.15) is 10.4 Å². The Labute approximate surface area is 126 Å². The molecule has 0 saturated carbocycles. The van der Waals surface area contributed by atoms with Crippen LogP contribution in [0.2, 0.25) is 0 Å². The van der Waals surface area contributed by atoms with Crippen molar-refractivity contribution in [2.75, 3.05) is 27.3 Å². The highest BCUT2D eigenvalue weighted by molar-refractivity contribution is 5.95. The smallest absolute Gasteiger partial charge is 0.277 e. The molecule has 0 heterocycles. The molecular formula is C12H16ClF3N2O3. The van der Waals surface area contributed by atoms with Crippen LogP contribution in [0, 0.1) is 5.82 Å². The summed E-state index contributed by atoms with van der Waals surface area (Å²) >= 11 is 0. The fraction of sp³-hybridized carbons (Fsp3) is 0.417. The van der Waals surface area contributed by atoms with Crippen LogP contribution >= 0.6 is 12.4 Å². The van der Waals surface area contributed by atoms with Gasteiger partial charge in [-0.25, -0.2) is 13.2 Å². The van der Waals surface area contributed by atoms with Crippen LogP contribution in [0.3, 0.4) is 0 Å². The van der Waals surface area contributed by atoms with Crippen molar-refractivity contribution >= 4 is 18.3 Å². The Hall–Kier alpha value is -1.67. The van der Waals surface area contributed by atoms with Gasteiger partial charge in [-0.2, -0.15) is 0 Å². The zero-order valence-electron chi connectivity index (χ0n) is 11.4. The zero-order chi connectivity index (χ0) is 15.3. The molecule has 1 aromatic rings. The number of amides is 1. The molecule has 0 saturated heterocycles. The second-order valence-electron chi connectivity index (χ2n) is 3.93. The largest absolute Gasteiger partial charge is 0.493 e. The van der Waals surface area contributed by atoms with Crippen LogP contribution < -0.4 is 20.5 Å². The number of nitrogens with one attached hydrogen (secondary N) is 1. The van der Waals surface area contributed by atoms with E-state index in [0.717, 1.165) is 12.1 Å². The van der Waals surface area contributed by atoms with Gasteiger partial charge in [-0.3, -0.25) is 4.79 Å². The van der Waals surface area contributed by atoms with E-state index in [2.05, 4.69) is 0 Å². The average molecular weight is 329 g/mol. The van der Waals surface area contributed by atoms with Gasteiger partial charge in [0, 0.05) is 6.07 Å². The Morgan fingerprint density at radius 3 is 2.29 bits per heavy atom. The van der Waals surface area contributed by atoms with E-state index in [1.54, 1.807) is 0 Å². The van der Waals surface area contributed by atoms with Gasteiger partial charge in [-0.1, -0.05) is 0 Å². The van der Waals surface area contributed by atoms with Crippen molar-refractivity contribution in [2.45, 2.75) is 5.92 Å². The fourth-order valence-corrected chi connectivity index (χ4v) is 1.41. The molecule has 0 aliphatic rings. The number of carbonyl (C=O) groups is 1. The van der Waals surface area contributed by atoms with Gasteiger partial charge in [0.2, 0.25) is 0 Å². The van der Waals surface area contributed by atoms with E-state index in [-0.39, 0.29) is 23.9 Å². The minimum atomic E-state index is -3.25. The summed E-state index contributed by atoms with van der Waals surface area (Å²) < 4.78 is 49.3. The van der Waals surface area contributed by atoms with Gasteiger partial charge in [-0.15, -0.1) is 12.4 Å². The van der Waals surface area contributed by atoms with E-state index in [1.807, 2.05) is 5.32 Å². The van der Waals surface area contributed by atoms with Crippen molar-refractivity contribution in [3.05, 3.63) is 23.5 Å². The summed E-state index contributed by atoms with van der Waals surface area (Å²) in [6.45, 7) is -1.89. The lowest BCUT2D eigenvalue weighted by Crippen LogP contribution is -2.41. The Kier molecular flexibility index (Phi) is 7.31. The van der Waals surface area contributed by atoms with Crippen LogP contribution in [0.5, 0.6) is 11.5 Å². The number of hydrogen-bond donors (Lipinski definition) is 2. The molecule has 3 N–H and O–H groups in total. The third kappa shape index (κ3) is 4.98. The first-order valence-electron chi connectivity index (χ1n) is 5.62. The van der Waals surface area contributed by atoms with Gasteiger partial charge >= 0.3 is 0 Å². The number of alkyl halides is 2. The first-order valence-corrected chi connectivity index (χ1v) is 5.62. The van der Waals surface area contributed by atoms with Crippen LogP contribution in [-0.2, 0) is 0 Å². The molecule has 0 bridgehead atoms. The summed E-state index contributed by atoms with van der Waals surface area (Å²) in [6.07, 6.45) is 0. The molecule has 0 radical (unpaired) electrons. The van der Waals surface area contributed by atoms with Gasteiger partial charge in [0.15, 0.2) is 11.5 Å². The van der Waals surface area contributed by atoms with Crippen molar-refractivity contribution in [1.82, 2.24) is 5.32 Å². The first kappa shape index (κ1) is 19.3. The maximum Gasteiger partial charge on any atom is 0.277 e. The van der Waals surface area contributed by atoms with Crippen LogP contribution in [0.15, 0.2) is 12.1 Å².